The summed E-state index contributed by atoms with van der Waals surface area (Å²) >= 11 is 0. The molecule has 3 rings (SSSR count). The number of carbonyl (C=O) groups is 1. The normalized spacial score (nSPS) is 27.3. The van der Waals surface area contributed by atoms with Gasteiger partial charge >= 0.3 is 0 Å². The van der Waals surface area contributed by atoms with Crippen molar-refractivity contribution in [3.05, 3.63) is 48.6 Å². The van der Waals surface area contributed by atoms with Crippen molar-refractivity contribution >= 4 is 5.91 Å². The molecule has 19 nitrogen and oxygen atoms in total. The summed E-state index contributed by atoms with van der Waals surface area (Å²) in [5, 5.41) is 121. The molecule has 17 atom stereocenters. The van der Waals surface area contributed by atoms with Gasteiger partial charge in [-0.1, -0.05) is 274 Å². The van der Waals surface area contributed by atoms with Crippen LogP contribution in [0.1, 0.15) is 303 Å². The Morgan fingerprint density at radius 2 is 0.667 bits per heavy atom. The van der Waals surface area contributed by atoms with E-state index in [4.69, 9.17) is 28.4 Å². The Hall–Kier alpha value is -2.25. The highest BCUT2D eigenvalue weighted by Gasteiger charge is 2.53. The molecule has 19 heteroatoms. The van der Waals surface area contributed by atoms with Crippen LogP contribution in [0.4, 0.5) is 0 Å². The monoisotopic (exact) mass is 1370 g/mol. The summed E-state index contributed by atoms with van der Waals surface area (Å²) < 4.78 is 34.4. The Balaban J connectivity index is 1.41. The molecule has 0 aromatic rings. The lowest BCUT2D eigenvalue weighted by Gasteiger charge is -2.48. The number of ether oxygens (including phenoxy) is 6. The SMILES string of the molecule is CCCCCCCCCC/C=C\CCCCCCCCCCCCCCCCCC(=O)NC(COC1OC(CO)C(OC2OC(CO)C(OC3OC(CO)C(O)C(O)C3O)C(O)C2O)C(O)C1O)C(O)/C=C/CC/C=C/CC/C=C/CCCCCCCCCCCCCCCC. The lowest BCUT2D eigenvalue weighted by atomic mass is 9.96. The van der Waals surface area contributed by atoms with Crippen molar-refractivity contribution in [2.24, 2.45) is 0 Å². The number of nitrogens with one attached hydrogen (secondary N) is 1. The summed E-state index contributed by atoms with van der Waals surface area (Å²) in [5.74, 6) is -0.286. The molecule has 0 radical (unpaired) electrons. The third-order valence-corrected chi connectivity index (χ3v) is 19.3. The van der Waals surface area contributed by atoms with Crippen molar-refractivity contribution in [2.45, 2.75) is 407 Å². The maximum Gasteiger partial charge on any atom is 0.220 e. The van der Waals surface area contributed by atoms with Gasteiger partial charge in [0.25, 0.3) is 0 Å². The van der Waals surface area contributed by atoms with E-state index in [1.54, 1.807) is 6.08 Å². The predicted octanol–water partition coefficient (Wildman–Crippen LogP) is 12.1. The standard InChI is InChI=1S/C77H141NO18/c1-3-5-7-9-11-13-15-17-19-21-23-25-27-29-30-31-33-35-37-39-41-43-45-47-49-51-53-55-65(83)78-60(61(82)54-52-50-48-46-44-42-40-38-36-34-32-28-26-24-22-20-18-16-14-12-10-8-6-4-2)59-91-75-71(89)68(86)73(63(57-80)93-75)96-77-72(90)69(87)74(64(58-81)94-77)95-76-70(88)67(85)66(84)62(56-79)92-76/h21,23,36,38,44,46,52,54,60-64,66-77,79-82,84-90H,3-20,22,24-35,37,39-43,45,47-51,53,55-59H2,1-2H3,(H,78,83)/b23-21-,38-36+,46-44+,54-52+. The Morgan fingerprint density at radius 1 is 0.365 bits per heavy atom. The number of hydrogen-bond acceptors (Lipinski definition) is 18. The van der Waals surface area contributed by atoms with Crippen molar-refractivity contribution in [3.8, 4) is 0 Å². The average molecular weight is 1370 g/mol. The van der Waals surface area contributed by atoms with Gasteiger partial charge in [-0.2, -0.15) is 0 Å². The molecule has 0 aromatic heterocycles. The Kier molecular flexibility index (Phi) is 53.4. The molecule has 3 saturated heterocycles. The van der Waals surface area contributed by atoms with Gasteiger partial charge in [0.2, 0.25) is 5.91 Å². The van der Waals surface area contributed by atoms with Crippen molar-refractivity contribution < 1.29 is 89.4 Å². The third-order valence-electron chi connectivity index (χ3n) is 19.3. The van der Waals surface area contributed by atoms with Gasteiger partial charge in [-0.15, -0.1) is 0 Å². The number of unbranched alkanes of at least 4 members (excludes halogenated alkanes) is 39. The lowest BCUT2D eigenvalue weighted by molar-refractivity contribution is -0.379. The minimum absolute atomic E-state index is 0.233. The van der Waals surface area contributed by atoms with E-state index < -0.39 is 124 Å². The molecule has 1 amide bonds. The van der Waals surface area contributed by atoms with E-state index in [9.17, 15) is 61.0 Å². The Morgan fingerprint density at radius 3 is 1.04 bits per heavy atom. The first-order chi connectivity index (χ1) is 46.8. The summed E-state index contributed by atoms with van der Waals surface area (Å²) in [5.41, 5.74) is 0. The number of hydrogen-bond donors (Lipinski definition) is 12. The van der Waals surface area contributed by atoms with Gasteiger partial charge in [-0.05, 0) is 70.6 Å². The molecular formula is C77H141NO18. The van der Waals surface area contributed by atoms with Gasteiger partial charge in [-0.3, -0.25) is 4.79 Å². The first-order valence-corrected chi connectivity index (χ1v) is 38.9. The van der Waals surface area contributed by atoms with Crippen LogP contribution in [0.5, 0.6) is 0 Å². The minimum Gasteiger partial charge on any atom is -0.394 e. The summed E-state index contributed by atoms with van der Waals surface area (Å²) in [7, 11) is 0. The highest BCUT2D eigenvalue weighted by molar-refractivity contribution is 5.76. The Labute approximate surface area is 580 Å². The van der Waals surface area contributed by atoms with E-state index >= 15 is 0 Å². The quantitative estimate of drug-likeness (QED) is 0.0199. The number of carbonyl (C=O) groups excluding carboxylic acids is 1. The molecule has 0 aromatic carbocycles. The van der Waals surface area contributed by atoms with Crippen molar-refractivity contribution in [1.82, 2.24) is 5.32 Å². The first-order valence-electron chi connectivity index (χ1n) is 38.9. The number of aliphatic hydroxyl groups excluding tert-OH is 11. The van der Waals surface area contributed by atoms with E-state index in [1.165, 1.54) is 225 Å². The molecule has 3 aliphatic rings. The average Bonchev–Trinajstić information content (AvgIpc) is 1.09. The summed E-state index contributed by atoms with van der Waals surface area (Å²) in [4.78, 5) is 13.5. The van der Waals surface area contributed by atoms with Crippen molar-refractivity contribution in [2.75, 3.05) is 26.4 Å². The molecule has 0 aliphatic carbocycles. The van der Waals surface area contributed by atoms with E-state index in [2.05, 4.69) is 55.6 Å². The second-order valence-corrected chi connectivity index (χ2v) is 27.8. The van der Waals surface area contributed by atoms with Crippen molar-refractivity contribution in [3.63, 3.8) is 0 Å². The molecule has 562 valence electrons. The fourth-order valence-corrected chi connectivity index (χ4v) is 13.0. The number of aliphatic hydroxyl groups is 11. The highest BCUT2D eigenvalue weighted by Crippen LogP contribution is 2.33. The van der Waals surface area contributed by atoms with Gasteiger partial charge < -0.3 is 89.9 Å². The third kappa shape index (κ3) is 38.7. The summed E-state index contributed by atoms with van der Waals surface area (Å²) in [6.45, 7) is 1.75. The predicted molar refractivity (Wildman–Crippen MR) is 379 cm³/mol. The van der Waals surface area contributed by atoms with Crippen LogP contribution in [0.15, 0.2) is 48.6 Å². The molecule has 0 bridgehead atoms. The van der Waals surface area contributed by atoms with Crippen LogP contribution < -0.4 is 5.32 Å². The molecule has 96 heavy (non-hydrogen) atoms. The second-order valence-electron chi connectivity index (χ2n) is 27.8. The highest BCUT2D eigenvalue weighted by atomic mass is 16.8. The van der Waals surface area contributed by atoms with Crippen LogP contribution in [0, 0.1) is 0 Å². The summed E-state index contributed by atoms with van der Waals surface area (Å²) in [6.07, 6.45) is 45.3. The van der Waals surface area contributed by atoms with Gasteiger partial charge in [0.15, 0.2) is 18.9 Å². The molecular weight excluding hydrogens is 1230 g/mol. The zero-order valence-electron chi connectivity index (χ0n) is 59.9. The van der Waals surface area contributed by atoms with Crippen LogP contribution in [0.25, 0.3) is 0 Å². The topological polar surface area (TPSA) is 307 Å². The van der Waals surface area contributed by atoms with Crippen LogP contribution in [0.2, 0.25) is 0 Å². The maximum absolute atomic E-state index is 13.5. The van der Waals surface area contributed by atoms with E-state index in [-0.39, 0.29) is 18.9 Å². The minimum atomic E-state index is -1.98. The molecule has 0 spiro atoms. The number of allylic oxidation sites excluding steroid dienone is 7. The molecule has 3 fully saturated rings. The lowest BCUT2D eigenvalue weighted by Crippen LogP contribution is -2.66. The van der Waals surface area contributed by atoms with E-state index in [0.717, 1.165) is 44.9 Å². The van der Waals surface area contributed by atoms with E-state index in [0.29, 0.717) is 12.8 Å². The molecule has 3 heterocycles. The van der Waals surface area contributed by atoms with E-state index in [1.807, 2.05) is 6.08 Å². The number of rotatable bonds is 61. The van der Waals surface area contributed by atoms with Crippen LogP contribution >= 0.6 is 0 Å². The van der Waals surface area contributed by atoms with Crippen LogP contribution in [-0.2, 0) is 33.2 Å². The van der Waals surface area contributed by atoms with Crippen LogP contribution in [0.3, 0.4) is 0 Å². The first kappa shape index (κ1) is 88.0. The van der Waals surface area contributed by atoms with Crippen LogP contribution in [-0.4, -0.2) is 193 Å². The van der Waals surface area contributed by atoms with Gasteiger partial charge in [0.1, 0.15) is 73.2 Å². The molecule has 12 N–H and O–H groups in total. The zero-order valence-corrected chi connectivity index (χ0v) is 59.9. The largest absolute Gasteiger partial charge is 0.394 e. The fraction of sp³-hybridized carbons (Fsp3) is 0.883. The maximum atomic E-state index is 13.5. The van der Waals surface area contributed by atoms with Gasteiger partial charge in [0, 0.05) is 6.42 Å². The van der Waals surface area contributed by atoms with Gasteiger partial charge in [0.05, 0.1) is 38.6 Å². The molecule has 3 aliphatic heterocycles. The zero-order chi connectivity index (χ0) is 69.6. The Bertz CT molecular complexity index is 1930. The fourth-order valence-electron chi connectivity index (χ4n) is 13.0. The molecule has 17 unspecified atom stereocenters. The van der Waals surface area contributed by atoms with Gasteiger partial charge in [-0.25, -0.2) is 0 Å². The smallest absolute Gasteiger partial charge is 0.220 e. The second kappa shape index (κ2) is 58.3. The summed E-state index contributed by atoms with van der Waals surface area (Å²) in [6, 6.07) is -0.998. The number of amides is 1. The van der Waals surface area contributed by atoms with Crippen molar-refractivity contribution in [1.29, 1.82) is 0 Å². The molecule has 0 saturated carbocycles.